The van der Waals surface area contributed by atoms with Crippen molar-refractivity contribution >= 4 is 15.5 Å². The number of nitrogens with two attached hydrogens (primary N) is 1. The second-order valence-electron chi connectivity index (χ2n) is 4.20. The Kier molecular flexibility index (Phi) is 4.96. The average molecular weight is 256 g/mol. The molecule has 0 saturated carbocycles. The number of nitrogens with one attached hydrogen (secondary N) is 1. The molecule has 1 aromatic rings. The molecule has 0 heterocycles. The van der Waals surface area contributed by atoms with Gasteiger partial charge in [-0.3, -0.25) is 0 Å². The summed E-state index contributed by atoms with van der Waals surface area (Å²) in [5.74, 6) is 0. The number of rotatable bonds is 6. The van der Waals surface area contributed by atoms with Gasteiger partial charge in [0, 0.05) is 18.8 Å². The lowest BCUT2D eigenvalue weighted by atomic mass is 10.2. The van der Waals surface area contributed by atoms with Crippen molar-refractivity contribution in [3.8, 4) is 0 Å². The highest BCUT2D eigenvalue weighted by Gasteiger charge is 2.12. The molecule has 0 aromatic heterocycles. The fourth-order valence-corrected chi connectivity index (χ4v) is 2.52. The molecule has 17 heavy (non-hydrogen) atoms. The van der Waals surface area contributed by atoms with Gasteiger partial charge in [0.15, 0.2) is 9.84 Å². The van der Waals surface area contributed by atoms with E-state index >= 15 is 0 Å². The molecule has 4 nitrogen and oxygen atoms in total. The molecule has 0 aliphatic carbocycles. The smallest absolute Gasteiger partial charge is 0.177 e. The van der Waals surface area contributed by atoms with Gasteiger partial charge < -0.3 is 11.1 Å². The van der Waals surface area contributed by atoms with E-state index in [2.05, 4.69) is 12.2 Å². The van der Waals surface area contributed by atoms with Crippen LogP contribution in [0.4, 0.5) is 5.69 Å². The summed E-state index contributed by atoms with van der Waals surface area (Å²) in [7, 11) is -3.20. The van der Waals surface area contributed by atoms with Gasteiger partial charge in [0.25, 0.3) is 0 Å². The molecule has 3 N–H and O–H groups in total. The highest BCUT2D eigenvalue weighted by Crippen LogP contribution is 2.20. The number of anilines is 1. The van der Waals surface area contributed by atoms with Crippen LogP contribution < -0.4 is 11.1 Å². The second-order valence-corrected chi connectivity index (χ2v) is 6.18. The fourth-order valence-electron chi connectivity index (χ4n) is 1.65. The molecule has 1 rings (SSSR count). The van der Waals surface area contributed by atoms with Gasteiger partial charge in [0.2, 0.25) is 0 Å². The molecule has 96 valence electrons. The van der Waals surface area contributed by atoms with Crippen LogP contribution in [0.5, 0.6) is 0 Å². The van der Waals surface area contributed by atoms with Crippen LogP contribution in [0.2, 0.25) is 0 Å². The van der Waals surface area contributed by atoms with E-state index in [1.165, 1.54) is 6.26 Å². The zero-order chi connectivity index (χ0) is 12.9. The topological polar surface area (TPSA) is 72.2 Å². The van der Waals surface area contributed by atoms with E-state index in [1.54, 1.807) is 18.2 Å². The molecule has 1 aromatic carbocycles. The van der Waals surface area contributed by atoms with Crippen molar-refractivity contribution < 1.29 is 8.42 Å². The maximum Gasteiger partial charge on any atom is 0.177 e. The minimum absolute atomic E-state index is 0.0487. The third-order valence-electron chi connectivity index (χ3n) is 2.50. The zero-order valence-electron chi connectivity index (χ0n) is 10.3. The molecule has 0 aliphatic rings. The summed E-state index contributed by atoms with van der Waals surface area (Å²) in [5.41, 5.74) is 6.51. The Labute approximate surface area is 103 Å². The summed E-state index contributed by atoms with van der Waals surface area (Å²) >= 11 is 0. The predicted octanol–water partition coefficient (Wildman–Crippen LogP) is 1.63. The quantitative estimate of drug-likeness (QED) is 0.811. The SMILES string of the molecule is CCCC(N)CNc1ccccc1S(C)(=O)=O. The Hall–Kier alpha value is -1.07. The third-order valence-corrected chi connectivity index (χ3v) is 3.66. The Balaban J connectivity index is 2.78. The first-order valence-corrected chi connectivity index (χ1v) is 7.62. The van der Waals surface area contributed by atoms with Gasteiger partial charge >= 0.3 is 0 Å². The Morgan fingerprint density at radius 1 is 1.35 bits per heavy atom. The van der Waals surface area contributed by atoms with Gasteiger partial charge in [-0.15, -0.1) is 0 Å². The van der Waals surface area contributed by atoms with Crippen LogP contribution in [0.15, 0.2) is 29.2 Å². The Bertz CT molecular complexity index is 457. The van der Waals surface area contributed by atoms with Crippen LogP contribution in [0.25, 0.3) is 0 Å². The average Bonchev–Trinajstić information content (AvgIpc) is 2.26. The molecule has 0 spiro atoms. The van der Waals surface area contributed by atoms with Crippen molar-refractivity contribution in [3.63, 3.8) is 0 Å². The first-order chi connectivity index (χ1) is 7.95. The highest BCUT2D eigenvalue weighted by atomic mass is 32.2. The van der Waals surface area contributed by atoms with Crippen molar-refractivity contribution in [1.82, 2.24) is 0 Å². The summed E-state index contributed by atoms with van der Waals surface area (Å²) in [6.45, 7) is 2.66. The van der Waals surface area contributed by atoms with Crippen LogP contribution in [0, 0.1) is 0 Å². The monoisotopic (exact) mass is 256 g/mol. The summed E-state index contributed by atoms with van der Waals surface area (Å²) in [6, 6.07) is 6.93. The first kappa shape index (κ1) is 14.0. The van der Waals surface area contributed by atoms with Crippen molar-refractivity contribution in [2.75, 3.05) is 18.1 Å². The molecule has 0 fully saturated rings. The lowest BCUT2D eigenvalue weighted by Gasteiger charge is -2.14. The predicted molar refractivity (Wildman–Crippen MR) is 70.9 cm³/mol. The molecule has 0 radical (unpaired) electrons. The van der Waals surface area contributed by atoms with Crippen LogP contribution >= 0.6 is 0 Å². The molecule has 1 atom stereocenters. The van der Waals surface area contributed by atoms with E-state index in [9.17, 15) is 8.42 Å². The molecule has 1 unspecified atom stereocenters. The lowest BCUT2D eigenvalue weighted by molar-refractivity contribution is 0.601. The van der Waals surface area contributed by atoms with E-state index in [-0.39, 0.29) is 6.04 Å². The Morgan fingerprint density at radius 3 is 2.59 bits per heavy atom. The molecular formula is C12H20N2O2S. The Morgan fingerprint density at radius 2 is 2.00 bits per heavy atom. The molecule has 5 heteroatoms. The zero-order valence-corrected chi connectivity index (χ0v) is 11.1. The number of hydrogen-bond donors (Lipinski definition) is 2. The maximum absolute atomic E-state index is 11.6. The van der Waals surface area contributed by atoms with E-state index in [0.29, 0.717) is 17.1 Å². The standard InChI is InChI=1S/C12H20N2O2S/c1-3-6-10(13)9-14-11-7-4-5-8-12(11)17(2,15)16/h4-5,7-8,10,14H,3,6,9,13H2,1-2H3. The molecule has 0 bridgehead atoms. The van der Waals surface area contributed by atoms with Gasteiger partial charge in [-0.2, -0.15) is 0 Å². The molecule has 0 aliphatic heterocycles. The number of hydrogen-bond acceptors (Lipinski definition) is 4. The number of benzene rings is 1. The van der Waals surface area contributed by atoms with E-state index in [4.69, 9.17) is 5.73 Å². The van der Waals surface area contributed by atoms with E-state index < -0.39 is 9.84 Å². The van der Waals surface area contributed by atoms with Crippen LogP contribution in [-0.2, 0) is 9.84 Å². The molecular weight excluding hydrogens is 236 g/mol. The van der Waals surface area contributed by atoms with Crippen molar-refractivity contribution in [2.45, 2.75) is 30.7 Å². The van der Waals surface area contributed by atoms with E-state index in [0.717, 1.165) is 12.8 Å². The van der Waals surface area contributed by atoms with Gasteiger partial charge in [0.1, 0.15) is 0 Å². The normalized spacial score (nSPS) is 13.4. The van der Waals surface area contributed by atoms with Crippen LogP contribution in [-0.4, -0.2) is 27.3 Å². The van der Waals surface area contributed by atoms with Crippen molar-refractivity contribution in [3.05, 3.63) is 24.3 Å². The minimum atomic E-state index is -3.20. The second kappa shape index (κ2) is 6.02. The van der Waals surface area contributed by atoms with Gasteiger partial charge in [-0.1, -0.05) is 25.5 Å². The largest absolute Gasteiger partial charge is 0.382 e. The highest BCUT2D eigenvalue weighted by molar-refractivity contribution is 7.90. The minimum Gasteiger partial charge on any atom is -0.382 e. The first-order valence-electron chi connectivity index (χ1n) is 5.73. The van der Waals surface area contributed by atoms with Gasteiger partial charge in [-0.05, 0) is 18.6 Å². The number of para-hydroxylation sites is 1. The summed E-state index contributed by atoms with van der Waals surface area (Å²) in [6.07, 6.45) is 3.16. The number of sulfone groups is 1. The van der Waals surface area contributed by atoms with Crippen LogP contribution in [0.3, 0.4) is 0 Å². The lowest BCUT2D eigenvalue weighted by Crippen LogP contribution is -2.29. The third kappa shape index (κ3) is 4.36. The summed E-state index contributed by atoms with van der Waals surface area (Å²) in [4.78, 5) is 0.323. The van der Waals surface area contributed by atoms with E-state index in [1.807, 2.05) is 6.07 Å². The molecule has 0 saturated heterocycles. The van der Waals surface area contributed by atoms with Gasteiger partial charge in [-0.25, -0.2) is 8.42 Å². The van der Waals surface area contributed by atoms with Crippen molar-refractivity contribution in [1.29, 1.82) is 0 Å². The maximum atomic E-state index is 11.6. The fraction of sp³-hybridized carbons (Fsp3) is 0.500. The van der Waals surface area contributed by atoms with Crippen molar-refractivity contribution in [2.24, 2.45) is 5.73 Å². The summed E-state index contributed by atoms with van der Waals surface area (Å²) in [5, 5.41) is 3.10. The molecule has 0 amide bonds. The van der Waals surface area contributed by atoms with Gasteiger partial charge in [0.05, 0.1) is 10.6 Å². The van der Waals surface area contributed by atoms with Crippen LogP contribution in [0.1, 0.15) is 19.8 Å². The summed E-state index contributed by atoms with van der Waals surface area (Å²) < 4.78 is 23.1.